The Kier molecular flexibility index (Phi) is 3.55. The maximum Gasteiger partial charge on any atom is 0.272 e. The third kappa shape index (κ3) is 2.62. The van der Waals surface area contributed by atoms with Gasteiger partial charge in [-0.25, -0.2) is 17.2 Å². The molecule has 0 aliphatic carbocycles. The smallest absolute Gasteiger partial charge is 0.272 e. The first-order chi connectivity index (χ1) is 12.3. The lowest BCUT2D eigenvalue weighted by molar-refractivity contribution is 0.509. The molecule has 0 aliphatic rings. The molecule has 0 saturated carbocycles. The lowest BCUT2D eigenvalue weighted by Crippen LogP contribution is -2.13. The lowest BCUT2D eigenvalue weighted by Gasteiger charge is -2.09. The van der Waals surface area contributed by atoms with Gasteiger partial charge in [0.2, 0.25) is 0 Å². The first kappa shape index (κ1) is 16.3. The van der Waals surface area contributed by atoms with Crippen molar-refractivity contribution in [1.29, 1.82) is 0 Å². The van der Waals surface area contributed by atoms with Crippen LogP contribution in [0.1, 0.15) is 0 Å². The molecule has 0 bridgehead atoms. The number of H-pyrrole nitrogens is 2. The second-order valence-electron chi connectivity index (χ2n) is 5.66. The largest absolute Gasteiger partial charge is 0.357 e. The van der Waals surface area contributed by atoms with Crippen LogP contribution in [0.2, 0.25) is 0 Å². The molecule has 2 heterocycles. The van der Waals surface area contributed by atoms with E-state index in [1.807, 2.05) is 0 Å². The minimum atomic E-state index is -4.04. The number of aromatic nitrogens is 2. The van der Waals surface area contributed by atoms with Gasteiger partial charge in [0.1, 0.15) is 5.52 Å². The number of benzene rings is 2. The van der Waals surface area contributed by atoms with Gasteiger partial charge in [0, 0.05) is 28.6 Å². The highest BCUT2D eigenvalue weighted by atomic mass is 32.2. The number of aromatic amines is 2. The molecule has 3 N–H and O–H groups in total. The highest BCUT2D eigenvalue weighted by Gasteiger charge is 2.17. The van der Waals surface area contributed by atoms with Gasteiger partial charge >= 0.3 is 0 Å². The quantitative estimate of drug-likeness (QED) is 0.514. The zero-order valence-electron chi connectivity index (χ0n) is 13.0. The zero-order chi connectivity index (χ0) is 18.5. The predicted octanol–water partition coefficient (Wildman–Crippen LogP) is 3.09. The molecule has 0 unspecified atom stereocenters. The molecule has 4 aromatic rings. The van der Waals surface area contributed by atoms with Crippen LogP contribution in [0.3, 0.4) is 0 Å². The minimum absolute atomic E-state index is 0.0794. The molecule has 0 amide bonds. The van der Waals surface area contributed by atoms with Crippen LogP contribution >= 0.6 is 0 Å². The second kappa shape index (κ2) is 5.67. The Bertz CT molecular complexity index is 1330. The van der Waals surface area contributed by atoms with Gasteiger partial charge in [-0.2, -0.15) is 0 Å². The summed E-state index contributed by atoms with van der Waals surface area (Å²) in [7, 11) is -4.04. The van der Waals surface area contributed by atoms with E-state index in [4.69, 9.17) is 0 Å². The van der Waals surface area contributed by atoms with Crippen LogP contribution in [-0.4, -0.2) is 18.4 Å². The van der Waals surface area contributed by atoms with Crippen molar-refractivity contribution in [3.05, 3.63) is 70.6 Å². The summed E-state index contributed by atoms with van der Waals surface area (Å²) in [5, 5.41) is 1.11. The molecular weight excluding hydrogens is 364 g/mol. The topological polar surface area (TPSA) is 94.8 Å². The van der Waals surface area contributed by atoms with Gasteiger partial charge in [0.25, 0.3) is 15.6 Å². The van der Waals surface area contributed by atoms with Crippen molar-refractivity contribution >= 4 is 37.5 Å². The van der Waals surface area contributed by atoms with E-state index in [2.05, 4.69) is 14.7 Å². The highest BCUT2D eigenvalue weighted by molar-refractivity contribution is 7.92. The molecule has 0 aliphatic heterocycles. The Labute approximate surface area is 145 Å². The molecule has 0 fully saturated rings. The molecule has 2 aromatic heterocycles. The zero-order valence-corrected chi connectivity index (χ0v) is 13.8. The van der Waals surface area contributed by atoms with Gasteiger partial charge in [0.05, 0.1) is 10.6 Å². The molecule has 9 heteroatoms. The van der Waals surface area contributed by atoms with Crippen LogP contribution in [0.25, 0.3) is 21.8 Å². The summed E-state index contributed by atoms with van der Waals surface area (Å²) in [6.07, 6.45) is 1.58. The maximum absolute atomic E-state index is 13.3. The van der Waals surface area contributed by atoms with Crippen LogP contribution in [0.4, 0.5) is 14.5 Å². The van der Waals surface area contributed by atoms with Crippen LogP contribution in [0.15, 0.2) is 58.4 Å². The molecule has 4 rings (SSSR count). The Morgan fingerprint density at radius 2 is 1.73 bits per heavy atom. The van der Waals surface area contributed by atoms with E-state index in [1.165, 1.54) is 18.2 Å². The van der Waals surface area contributed by atoms with Gasteiger partial charge < -0.3 is 9.97 Å². The Morgan fingerprint density at radius 3 is 2.50 bits per heavy atom. The third-order valence-electron chi connectivity index (χ3n) is 3.99. The molecule has 132 valence electrons. The average molecular weight is 375 g/mol. The fourth-order valence-corrected chi connectivity index (χ4v) is 3.84. The molecule has 0 saturated heterocycles. The van der Waals surface area contributed by atoms with Crippen molar-refractivity contribution in [2.75, 3.05) is 4.72 Å². The van der Waals surface area contributed by atoms with E-state index in [1.54, 1.807) is 12.3 Å². The van der Waals surface area contributed by atoms with Crippen molar-refractivity contribution in [3.63, 3.8) is 0 Å². The summed E-state index contributed by atoms with van der Waals surface area (Å²) >= 11 is 0. The number of sulfonamides is 1. The standard InChI is InChI=1S/C17H11F2N3O3S/c18-13-3-1-9(7-14(13)19)22-26(24,25)10-2-4-15-12(8-10)11-5-6-20-16(11)17(23)21-15/h1-8,20,22H,(H,21,23). The summed E-state index contributed by atoms with van der Waals surface area (Å²) in [5.74, 6) is -2.23. The monoisotopic (exact) mass is 375 g/mol. The van der Waals surface area contributed by atoms with E-state index >= 15 is 0 Å². The number of pyridine rings is 1. The van der Waals surface area contributed by atoms with Gasteiger partial charge in [-0.1, -0.05) is 0 Å². The van der Waals surface area contributed by atoms with Gasteiger partial charge in [-0.05, 0) is 36.4 Å². The summed E-state index contributed by atoms with van der Waals surface area (Å²) in [6, 6.07) is 8.59. The minimum Gasteiger partial charge on any atom is -0.357 e. The number of nitrogens with one attached hydrogen (secondary N) is 3. The van der Waals surface area contributed by atoms with E-state index in [0.29, 0.717) is 21.8 Å². The number of anilines is 1. The fraction of sp³-hybridized carbons (Fsp3) is 0. The second-order valence-corrected chi connectivity index (χ2v) is 7.34. The van der Waals surface area contributed by atoms with Crippen molar-refractivity contribution in [3.8, 4) is 0 Å². The van der Waals surface area contributed by atoms with Gasteiger partial charge in [-0.3, -0.25) is 9.52 Å². The van der Waals surface area contributed by atoms with Crippen LogP contribution in [0, 0.1) is 11.6 Å². The number of fused-ring (bicyclic) bond motifs is 3. The van der Waals surface area contributed by atoms with Gasteiger partial charge in [-0.15, -0.1) is 0 Å². The highest BCUT2D eigenvalue weighted by Crippen LogP contribution is 2.25. The Morgan fingerprint density at radius 1 is 0.923 bits per heavy atom. The van der Waals surface area contributed by atoms with E-state index in [-0.39, 0.29) is 16.1 Å². The SMILES string of the molecule is O=c1[nH]c2ccc(S(=O)(=O)Nc3ccc(F)c(F)c3)cc2c2cc[nH]c12. The van der Waals surface area contributed by atoms with E-state index < -0.39 is 21.7 Å². The van der Waals surface area contributed by atoms with E-state index in [0.717, 1.165) is 18.2 Å². The third-order valence-corrected chi connectivity index (χ3v) is 5.36. The molecular formula is C17H11F2N3O3S. The first-order valence-electron chi connectivity index (χ1n) is 7.46. The van der Waals surface area contributed by atoms with Crippen molar-refractivity contribution < 1.29 is 17.2 Å². The molecule has 0 atom stereocenters. The van der Waals surface area contributed by atoms with Gasteiger partial charge in [0.15, 0.2) is 11.6 Å². The molecule has 26 heavy (non-hydrogen) atoms. The fourth-order valence-electron chi connectivity index (χ4n) is 2.76. The number of hydrogen-bond acceptors (Lipinski definition) is 3. The first-order valence-corrected chi connectivity index (χ1v) is 8.94. The summed E-state index contributed by atoms with van der Waals surface area (Å²) in [5.41, 5.74) is 0.403. The van der Waals surface area contributed by atoms with Crippen LogP contribution < -0.4 is 10.3 Å². The van der Waals surface area contributed by atoms with Crippen molar-refractivity contribution in [1.82, 2.24) is 9.97 Å². The van der Waals surface area contributed by atoms with Crippen molar-refractivity contribution in [2.24, 2.45) is 0 Å². The molecule has 6 nitrogen and oxygen atoms in total. The van der Waals surface area contributed by atoms with Crippen LogP contribution in [-0.2, 0) is 10.0 Å². The number of hydrogen-bond donors (Lipinski definition) is 3. The molecule has 2 aromatic carbocycles. The Balaban J connectivity index is 1.83. The van der Waals surface area contributed by atoms with Crippen molar-refractivity contribution in [2.45, 2.75) is 4.90 Å². The lowest BCUT2D eigenvalue weighted by atomic mass is 10.1. The predicted molar refractivity (Wildman–Crippen MR) is 93.6 cm³/mol. The summed E-state index contributed by atoms with van der Waals surface area (Å²) in [4.78, 5) is 17.3. The van der Waals surface area contributed by atoms with E-state index in [9.17, 15) is 22.0 Å². The number of rotatable bonds is 3. The maximum atomic E-state index is 13.3. The number of halogens is 2. The van der Waals surface area contributed by atoms with Crippen LogP contribution in [0.5, 0.6) is 0 Å². The molecule has 0 radical (unpaired) electrons. The summed E-state index contributed by atoms with van der Waals surface area (Å²) < 4.78 is 53.6. The summed E-state index contributed by atoms with van der Waals surface area (Å²) in [6.45, 7) is 0. The Hall–Kier alpha value is -3.20. The average Bonchev–Trinajstić information content (AvgIpc) is 3.08. The molecule has 0 spiro atoms. The normalized spacial score (nSPS) is 11.9.